The molecule has 0 radical (unpaired) electrons. The number of carbonyl (C=O) groups excluding carboxylic acids is 1. The molecule has 2 aliphatic heterocycles. The van der Waals surface area contributed by atoms with Crippen molar-refractivity contribution in [2.24, 2.45) is 4.99 Å². The fourth-order valence-corrected chi connectivity index (χ4v) is 4.80. The van der Waals surface area contributed by atoms with Gasteiger partial charge in [0.05, 0.1) is 32.4 Å². The monoisotopic (exact) mass is 474 g/mol. The highest BCUT2D eigenvalue weighted by molar-refractivity contribution is 6.32. The third kappa shape index (κ3) is 4.23. The average molecular weight is 475 g/mol. The Bertz CT molecular complexity index is 1160. The van der Waals surface area contributed by atoms with Crippen molar-refractivity contribution in [3.8, 4) is 5.75 Å². The molecular weight excluding hydrogens is 448 g/mol. The molecule has 0 spiro atoms. The number of hydrogen-bond acceptors (Lipinski definition) is 8. The number of rotatable bonds is 6. The molecule has 0 bridgehead atoms. The first kappa shape index (κ1) is 23.3. The van der Waals surface area contributed by atoms with Crippen LogP contribution in [0.2, 0.25) is 5.02 Å². The van der Waals surface area contributed by atoms with Crippen molar-refractivity contribution in [3.63, 3.8) is 0 Å². The molecule has 0 aliphatic carbocycles. The van der Waals surface area contributed by atoms with Gasteiger partial charge < -0.3 is 19.9 Å². The van der Waals surface area contributed by atoms with Crippen molar-refractivity contribution in [1.29, 1.82) is 0 Å². The number of halogens is 1. The zero-order valence-electron chi connectivity index (χ0n) is 18.8. The molecule has 1 fully saturated rings. The quantitative estimate of drug-likeness (QED) is 0.619. The maximum Gasteiger partial charge on any atom is 0.343 e. The molecule has 1 aromatic heterocycles. The molecule has 1 saturated heterocycles. The molecule has 9 nitrogen and oxygen atoms in total. The molecule has 4 rings (SSSR count). The number of anilines is 1. The highest BCUT2D eigenvalue weighted by Gasteiger charge is 2.41. The van der Waals surface area contributed by atoms with Crippen molar-refractivity contribution in [1.82, 2.24) is 9.47 Å². The molecule has 3 heterocycles. The highest BCUT2D eigenvalue weighted by Crippen LogP contribution is 2.33. The second-order valence-corrected chi connectivity index (χ2v) is 8.70. The standard InChI is InChI=1S/C23H27ClN4O5/c1-23(28-8-4-5-16(28)13-29)25-11-15-10-17(22(31)33-3)21(30)27(20(15)26-23)12-14-6-7-19(32-2)18(24)9-14/h6-7,9-11,16,26,29H,4-5,8,12-13H2,1-3H3/t16?,23-/m0/s1. The minimum atomic E-state index is -0.852. The summed E-state index contributed by atoms with van der Waals surface area (Å²) in [4.78, 5) is 32.5. The van der Waals surface area contributed by atoms with Crippen LogP contribution in [0.15, 0.2) is 34.1 Å². The summed E-state index contributed by atoms with van der Waals surface area (Å²) in [6.07, 6.45) is 3.47. The average Bonchev–Trinajstić information content (AvgIpc) is 3.30. The maximum absolute atomic E-state index is 13.4. The van der Waals surface area contributed by atoms with E-state index in [4.69, 9.17) is 26.1 Å². The number of hydrogen-bond donors (Lipinski definition) is 2. The first-order chi connectivity index (χ1) is 15.8. The van der Waals surface area contributed by atoms with Crippen molar-refractivity contribution in [2.45, 2.75) is 38.1 Å². The van der Waals surface area contributed by atoms with Crippen LogP contribution in [0.5, 0.6) is 5.75 Å². The number of methoxy groups -OCH3 is 2. The lowest BCUT2D eigenvalue weighted by molar-refractivity contribution is 0.0598. The van der Waals surface area contributed by atoms with Gasteiger partial charge in [-0.3, -0.25) is 14.3 Å². The smallest absolute Gasteiger partial charge is 0.343 e. The Kier molecular flexibility index (Phi) is 6.47. The molecule has 176 valence electrons. The lowest BCUT2D eigenvalue weighted by Gasteiger charge is -2.42. The van der Waals surface area contributed by atoms with Gasteiger partial charge in [-0.2, -0.15) is 0 Å². The molecule has 2 aliphatic rings. The van der Waals surface area contributed by atoms with E-state index in [0.29, 0.717) is 22.2 Å². The van der Waals surface area contributed by atoms with Crippen LogP contribution in [0.4, 0.5) is 5.82 Å². The van der Waals surface area contributed by atoms with Gasteiger partial charge in [0.25, 0.3) is 5.56 Å². The molecule has 2 aromatic rings. The predicted molar refractivity (Wildman–Crippen MR) is 126 cm³/mol. The minimum absolute atomic E-state index is 0.0259. The van der Waals surface area contributed by atoms with E-state index in [2.05, 4.69) is 10.2 Å². The topological polar surface area (TPSA) is 105 Å². The number of aromatic nitrogens is 1. The fourth-order valence-electron chi connectivity index (χ4n) is 4.52. The number of aliphatic imine (C=N–C) groups is 1. The van der Waals surface area contributed by atoms with Gasteiger partial charge in [-0.15, -0.1) is 0 Å². The van der Waals surface area contributed by atoms with Gasteiger partial charge in [0, 0.05) is 24.4 Å². The summed E-state index contributed by atoms with van der Waals surface area (Å²) in [7, 11) is 2.77. The number of benzene rings is 1. The number of aliphatic hydroxyl groups is 1. The molecule has 1 aromatic carbocycles. The van der Waals surface area contributed by atoms with E-state index in [9.17, 15) is 14.7 Å². The fraction of sp³-hybridized carbons (Fsp3) is 0.435. The molecule has 0 saturated carbocycles. The number of esters is 1. The largest absolute Gasteiger partial charge is 0.495 e. The Morgan fingerprint density at radius 3 is 2.82 bits per heavy atom. The van der Waals surface area contributed by atoms with Gasteiger partial charge in [0.15, 0.2) is 5.79 Å². The SMILES string of the molecule is COC(=O)c1cc2c(n(Cc3ccc(OC)c(Cl)c3)c1=O)N[C@@](C)(N1CCCC1CO)N=C2. The number of fused-ring (bicyclic) bond motifs is 1. The lowest BCUT2D eigenvalue weighted by Crippen LogP contribution is -2.56. The van der Waals surface area contributed by atoms with Gasteiger partial charge in [-0.1, -0.05) is 17.7 Å². The Hall–Kier alpha value is -2.88. The summed E-state index contributed by atoms with van der Waals surface area (Å²) < 4.78 is 11.5. The summed E-state index contributed by atoms with van der Waals surface area (Å²) >= 11 is 6.29. The zero-order chi connectivity index (χ0) is 23.8. The van der Waals surface area contributed by atoms with Crippen LogP contribution in [-0.2, 0) is 11.3 Å². The van der Waals surface area contributed by atoms with E-state index in [1.54, 1.807) is 18.3 Å². The van der Waals surface area contributed by atoms with Crippen LogP contribution >= 0.6 is 11.6 Å². The molecule has 10 heteroatoms. The zero-order valence-corrected chi connectivity index (χ0v) is 19.6. The highest BCUT2D eigenvalue weighted by atomic mass is 35.5. The Morgan fingerprint density at radius 2 is 2.15 bits per heavy atom. The second kappa shape index (κ2) is 9.17. The molecule has 33 heavy (non-hydrogen) atoms. The summed E-state index contributed by atoms with van der Waals surface area (Å²) in [5.41, 5.74) is 0.777. The number of likely N-dealkylation sites (tertiary alicyclic amines) is 1. The van der Waals surface area contributed by atoms with Crippen LogP contribution in [0, 0.1) is 0 Å². The van der Waals surface area contributed by atoms with Gasteiger partial charge in [-0.25, -0.2) is 9.79 Å². The molecule has 0 amide bonds. The van der Waals surface area contributed by atoms with E-state index in [1.807, 2.05) is 13.0 Å². The third-order valence-electron chi connectivity index (χ3n) is 6.24. The van der Waals surface area contributed by atoms with Crippen LogP contribution < -0.4 is 15.6 Å². The number of carbonyl (C=O) groups is 1. The Balaban J connectivity index is 1.81. The van der Waals surface area contributed by atoms with Crippen LogP contribution in [0.1, 0.15) is 41.3 Å². The van der Waals surface area contributed by atoms with Gasteiger partial charge >= 0.3 is 5.97 Å². The third-order valence-corrected chi connectivity index (χ3v) is 6.53. The summed E-state index contributed by atoms with van der Waals surface area (Å²) in [6.45, 7) is 2.86. The maximum atomic E-state index is 13.4. The molecule has 1 unspecified atom stereocenters. The van der Waals surface area contributed by atoms with E-state index >= 15 is 0 Å². The second-order valence-electron chi connectivity index (χ2n) is 8.29. The van der Waals surface area contributed by atoms with E-state index < -0.39 is 17.3 Å². The molecule has 2 N–H and O–H groups in total. The summed E-state index contributed by atoms with van der Waals surface area (Å²) in [5.74, 6) is -0.512. The number of aliphatic hydroxyl groups excluding tert-OH is 1. The number of nitrogens with zero attached hydrogens (tertiary/aromatic N) is 3. The number of nitrogens with one attached hydrogen (secondary N) is 1. The minimum Gasteiger partial charge on any atom is -0.495 e. The first-order valence-corrected chi connectivity index (χ1v) is 11.1. The Morgan fingerprint density at radius 1 is 1.36 bits per heavy atom. The van der Waals surface area contributed by atoms with Crippen LogP contribution in [0.3, 0.4) is 0 Å². The molecular formula is C23H27ClN4O5. The number of pyridine rings is 1. The van der Waals surface area contributed by atoms with Gasteiger partial charge in [0.1, 0.15) is 17.1 Å². The van der Waals surface area contributed by atoms with E-state index in [-0.39, 0.29) is 24.8 Å². The van der Waals surface area contributed by atoms with Crippen molar-refractivity contribution in [3.05, 3.63) is 56.3 Å². The van der Waals surface area contributed by atoms with Crippen molar-refractivity contribution in [2.75, 3.05) is 32.7 Å². The summed E-state index contributed by atoms with van der Waals surface area (Å²) in [6, 6.07) is 6.73. The van der Waals surface area contributed by atoms with Crippen molar-refractivity contribution >= 4 is 29.6 Å². The van der Waals surface area contributed by atoms with E-state index in [0.717, 1.165) is 24.9 Å². The molecule has 2 atom stereocenters. The van der Waals surface area contributed by atoms with Crippen LogP contribution in [0.25, 0.3) is 0 Å². The van der Waals surface area contributed by atoms with Crippen molar-refractivity contribution < 1.29 is 19.4 Å². The predicted octanol–water partition coefficient (Wildman–Crippen LogP) is 2.32. The van der Waals surface area contributed by atoms with E-state index in [1.165, 1.54) is 24.9 Å². The lowest BCUT2D eigenvalue weighted by atomic mass is 10.1. The summed E-state index contributed by atoms with van der Waals surface area (Å²) in [5, 5.41) is 13.6. The Labute approximate surface area is 196 Å². The van der Waals surface area contributed by atoms with Gasteiger partial charge in [0.2, 0.25) is 0 Å². The first-order valence-electron chi connectivity index (χ1n) is 10.7. The van der Waals surface area contributed by atoms with Gasteiger partial charge in [-0.05, 0) is 43.5 Å². The normalized spacial score (nSPS) is 22.0. The number of ether oxygens (including phenoxy) is 2. The van der Waals surface area contributed by atoms with Crippen LogP contribution in [-0.4, -0.2) is 66.0 Å².